The summed E-state index contributed by atoms with van der Waals surface area (Å²) in [7, 11) is 0. The van der Waals surface area contributed by atoms with Gasteiger partial charge in [0.15, 0.2) is 0 Å². The van der Waals surface area contributed by atoms with Crippen molar-refractivity contribution in [1.29, 1.82) is 0 Å². The van der Waals surface area contributed by atoms with Crippen molar-refractivity contribution < 1.29 is 5.11 Å². The lowest BCUT2D eigenvalue weighted by molar-refractivity contribution is 0.222. The number of aromatic nitrogens is 2. The molecule has 6 heteroatoms. The molecule has 1 heterocycles. The third kappa shape index (κ3) is 2.88. The molecule has 0 amide bonds. The summed E-state index contributed by atoms with van der Waals surface area (Å²) in [5.41, 5.74) is 2.55. The molecule has 1 aromatic rings. The highest BCUT2D eigenvalue weighted by Gasteiger charge is 2.26. The fourth-order valence-electron chi connectivity index (χ4n) is 2.44. The minimum Gasteiger partial charge on any atom is -0.396 e. The van der Waals surface area contributed by atoms with E-state index in [9.17, 15) is 5.11 Å². The van der Waals surface area contributed by atoms with Gasteiger partial charge in [0.1, 0.15) is 17.5 Å². The molecule has 6 nitrogen and oxygen atoms in total. The Bertz CT molecular complexity index is 376. The Kier molecular flexibility index (Phi) is 4.33. The first-order valence-electron chi connectivity index (χ1n) is 6.48. The van der Waals surface area contributed by atoms with Gasteiger partial charge in [0.05, 0.1) is 0 Å². The van der Waals surface area contributed by atoms with Crippen LogP contribution >= 0.6 is 0 Å². The van der Waals surface area contributed by atoms with Crippen LogP contribution in [0.2, 0.25) is 0 Å². The second-order valence-corrected chi connectivity index (χ2v) is 4.68. The van der Waals surface area contributed by atoms with E-state index in [0.717, 1.165) is 37.3 Å². The normalized spacial score (nSPS) is 23.1. The zero-order chi connectivity index (χ0) is 13.0. The quantitative estimate of drug-likeness (QED) is 0.458. The van der Waals surface area contributed by atoms with Gasteiger partial charge in [-0.3, -0.25) is 0 Å². The molecular weight excluding hydrogens is 230 g/mol. The number of nitrogens with two attached hydrogens (primary N) is 1. The Hall–Kier alpha value is -1.40. The number of rotatable bonds is 5. The predicted molar refractivity (Wildman–Crippen MR) is 71.1 cm³/mol. The Labute approximate surface area is 107 Å². The molecule has 1 saturated carbocycles. The first kappa shape index (κ1) is 13.0. The molecule has 0 aliphatic heterocycles. The van der Waals surface area contributed by atoms with Crippen LogP contribution in [0.15, 0.2) is 6.07 Å². The molecule has 18 heavy (non-hydrogen) atoms. The number of nitrogens with zero attached hydrogens (tertiary/aromatic N) is 2. The van der Waals surface area contributed by atoms with Gasteiger partial charge in [-0.25, -0.2) is 15.8 Å². The first-order chi connectivity index (χ1) is 8.76. The van der Waals surface area contributed by atoms with E-state index in [1.807, 2.05) is 6.92 Å². The van der Waals surface area contributed by atoms with Crippen LogP contribution in [0.5, 0.6) is 0 Å². The van der Waals surface area contributed by atoms with Crippen LogP contribution < -0.4 is 16.6 Å². The largest absolute Gasteiger partial charge is 0.396 e. The van der Waals surface area contributed by atoms with E-state index in [1.165, 1.54) is 0 Å². The molecular formula is C12H21N5O. The van der Waals surface area contributed by atoms with Crippen LogP contribution in [0.25, 0.3) is 0 Å². The maximum Gasteiger partial charge on any atom is 0.145 e. The summed E-state index contributed by atoms with van der Waals surface area (Å²) >= 11 is 0. The van der Waals surface area contributed by atoms with Crippen molar-refractivity contribution in [2.75, 3.05) is 17.3 Å². The second-order valence-electron chi connectivity index (χ2n) is 4.68. The topological polar surface area (TPSA) is 96.1 Å². The molecule has 5 N–H and O–H groups in total. The number of hydrazine groups is 1. The number of anilines is 2. The Balaban J connectivity index is 2.12. The van der Waals surface area contributed by atoms with Crippen LogP contribution in [-0.2, 0) is 6.42 Å². The van der Waals surface area contributed by atoms with E-state index in [4.69, 9.17) is 5.84 Å². The molecule has 0 bridgehead atoms. The maximum absolute atomic E-state index is 9.31. The third-order valence-corrected chi connectivity index (χ3v) is 3.46. The fourth-order valence-corrected chi connectivity index (χ4v) is 2.44. The average Bonchev–Trinajstić information content (AvgIpc) is 2.85. The molecule has 1 aliphatic carbocycles. The third-order valence-electron chi connectivity index (χ3n) is 3.46. The summed E-state index contributed by atoms with van der Waals surface area (Å²) in [6.45, 7) is 2.23. The molecule has 1 fully saturated rings. The highest BCUT2D eigenvalue weighted by Crippen LogP contribution is 2.28. The van der Waals surface area contributed by atoms with Crippen molar-refractivity contribution in [3.63, 3.8) is 0 Å². The zero-order valence-electron chi connectivity index (χ0n) is 10.7. The zero-order valence-corrected chi connectivity index (χ0v) is 10.7. The standard InChI is InChI=1S/C12H21N5O/c1-2-10-15-11(6-12(16-10)17-13)14-9-5-3-4-8(9)7-18/h6,8-9,18H,2-5,7,13H2,1H3,(H2,14,15,16,17). The maximum atomic E-state index is 9.31. The highest BCUT2D eigenvalue weighted by atomic mass is 16.3. The van der Waals surface area contributed by atoms with Crippen LogP contribution in [0, 0.1) is 5.92 Å². The number of hydrogen-bond acceptors (Lipinski definition) is 6. The van der Waals surface area contributed by atoms with Crippen molar-refractivity contribution in [1.82, 2.24) is 9.97 Å². The smallest absolute Gasteiger partial charge is 0.145 e. The van der Waals surface area contributed by atoms with E-state index in [-0.39, 0.29) is 6.61 Å². The van der Waals surface area contributed by atoms with Crippen molar-refractivity contribution in [3.8, 4) is 0 Å². The van der Waals surface area contributed by atoms with Gasteiger partial charge in [0, 0.05) is 31.1 Å². The minimum absolute atomic E-state index is 0.228. The van der Waals surface area contributed by atoms with Gasteiger partial charge in [-0.05, 0) is 12.8 Å². The summed E-state index contributed by atoms with van der Waals surface area (Å²) in [6, 6.07) is 2.09. The fraction of sp³-hybridized carbons (Fsp3) is 0.667. The van der Waals surface area contributed by atoms with E-state index in [0.29, 0.717) is 17.8 Å². The molecule has 1 aliphatic rings. The van der Waals surface area contributed by atoms with Gasteiger partial charge in [0.2, 0.25) is 0 Å². The Morgan fingerprint density at radius 3 is 2.83 bits per heavy atom. The number of aryl methyl sites for hydroxylation is 1. The van der Waals surface area contributed by atoms with Crippen LogP contribution in [0.3, 0.4) is 0 Å². The number of nitrogen functional groups attached to an aromatic ring is 1. The number of hydrogen-bond donors (Lipinski definition) is 4. The summed E-state index contributed by atoms with van der Waals surface area (Å²) in [6.07, 6.45) is 4.05. The van der Waals surface area contributed by atoms with Crippen LogP contribution in [-0.4, -0.2) is 27.7 Å². The van der Waals surface area contributed by atoms with Crippen LogP contribution in [0.4, 0.5) is 11.6 Å². The van der Waals surface area contributed by atoms with E-state index >= 15 is 0 Å². The molecule has 2 unspecified atom stereocenters. The van der Waals surface area contributed by atoms with Crippen molar-refractivity contribution in [2.24, 2.45) is 11.8 Å². The van der Waals surface area contributed by atoms with Crippen molar-refractivity contribution >= 4 is 11.6 Å². The number of aliphatic hydroxyl groups excluding tert-OH is 1. The molecule has 100 valence electrons. The van der Waals surface area contributed by atoms with Gasteiger partial charge in [-0.1, -0.05) is 13.3 Å². The second kappa shape index (κ2) is 5.97. The SMILES string of the molecule is CCc1nc(NN)cc(NC2CCCC2CO)n1. The number of aliphatic hydroxyl groups is 1. The van der Waals surface area contributed by atoms with Crippen LogP contribution in [0.1, 0.15) is 32.0 Å². The van der Waals surface area contributed by atoms with Gasteiger partial charge >= 0.3 is 0 Å². The molecule has 0 saturated heterocycles. The summed E-state index contributed by atoms with van der Waals surface area (Å²) in [5.74, 6) is 7.86. The number of nitrogens with one attached hydrogen (secondary N) is 2. The lowest BCUT2D eigenvalue weighted by Gasteiger charge is -2.20. The van der Waals surface area contributed by atoms with Gasteiger partial charge in [0.25, 0.3) is 0 Å². The highest BCUT2D eigenvalue weighted by molar-refractivity contribution is 5.47. The Morgan fingerprint density at radius 2 is 2.17 bits per heavy atom. The average molecular weight is 251 g/mol. The lowest BCUT2D eigenvalue weighted by atomic mass is 10.1. The predicted octanol–water partition coefficient (Wildman–Crippen LogP) is 0.897. The molecule has 1 aromatic heterocycles. The molecule has 2 atom stereocenters. The minimum atomic E-state index is 0.228. The Morgan fingerprint density at radius 1 is 1.39 bits per heavy atom. The summed E-state index contributed by atoms with van der Waals surface area (Å²) in [4.78, 5) is 8.68. The summed E-state index contributed by atoms with van der Waals surface area (Å²) in [5, 5.41) is 12.7. The summed E-state index contributed by atoms with van der Waals surface area (Å²) < 4.78 is 0. The van der Waals surface area contributed by atoms with E-state index in [1.54, 1.807) is 6.07 Å². The molecule has 0 spiro atoms. The van der Waals surface area contributed by atoms with E-state index < -0.39 is 0 Å². The van der Waals surface area contributed by atoms with Crippen molar-refractivity contribution in [3.05, 3.63) is 11.9 Å². The van der Waals surface area contributed by atoms with Gasteiger partial charge in [-0.2, -0.15) is 0 Å². The van der Waals surface area contributed by atoms with Crippen molar-refractivity contribution in [2.45, 2.75) is 38.6 Å². The first-order valence-corrected chi connectivity index (χ1v) is 6.48. The molecule has 2 rings (SSSR count). The van der Waals surface area contributed by atoms with E-state index in [2.05, 4.69) is 20.7 Å². The van der Waals surface area contributed by atoms with Gasteiger partial charge < -0.3 is 15.8 Å². The monoisotopic (exact) mass is 251 g/mol. The molecule has 0 aromatic carbocycles. The molecule has 0 radical (unpaired) electrons. The van der Waals surface area contributed by atoms with Gasteiger partial charge in [-0.15, -0.1) is 0 Å². The lowest BCUT2D eigenvalue weighted by Crippen LogP contribution is -2.27.